The van der Waals surface area contributed by atoms with Crippen LogP contribution in [0.2, 0.25) is 0 Å². The normalized spacial score (nSPS) is 27.2. The average Bonchev–Trinajstić information content (AvgIpc) is 3.20. The molecule has 0 aromatic carbocycles. The minimum Gasteiger partial charge on any atom is -0.481 e. The molecule has 24 heavy (non-hydrogen) atoms. The van der Waals surface area contributed by atoms with E-state index in [-0.39, 0.29) is 29.5 Å². The SMILES string of the molecule is CCOC(=O)c1sc(NC(=O)[C@H]2[C@@H](C(=O)O)[C@H]3C=C[C@@H]2C3)nc1C. The monoisotopic (exact) mass is 350 g/mol. The third kappa shape index (κ3) is 2.82. The number of amides is 1. The Labute approximate surface area is 142 Å². The smallest absolute Gasteiger partial charge is 0.350 e. The van der Waals surface area contributed by atoms with E-state index in [2.05, 4.69) is 10.3 Å². The molecule has 3 rings (SSSR count). The van der Waals surface area contributed by atoms with Crippen molar-refractivity contribution in [1.29, 1.82) is 0 Å². The molecule has 0 aliphatic heterocycles. The molecular weight excluding hydrogens is 332 g/mol. The first kappa shape index (κ1) is 16.6. The summed E-state index contributed by atoms with van der Waals surface area (Å²) < 4.78 is 4.95. The highest BCUT2D eigenvalue weighted by molar-refractivity contribution is 7.17. The molecule has 0 saturated heterocycles. The maximum atomic E-state index is 12.6. The number of aromatic nitrogens is 1. The second-order valence-electron chi connectivity index (χ2n) is 5.98. The highest BCUT2D eigenvalue weighted by atomic mass is 32.1. The molecule has 1 aromatic rings. The lowest BCUT2D eigenvalue weighted by atomic mass is 9.82. The van der Waals surface area contributed by atoms with Gasteiger partial charge in [-0.1, -0.05) is 23.5 Å². The number of carboxylic acid groups (broad SMARTS) is 1. The van der Waals surface area contributed by atoms with E-state index in [9.17, 15) is 19.5 Å². The van der Waals surface area contributed by atoms with Crippen LogP contribution in [0.4, 0.5) is 5.13 Å². The number of ether oxygens (including phenoxy) is 1. The summed E-state index contributed by atoms with van der Waals surface area (Å²) in [5.74, 6) is -3.23. The molecule has 1 aromatic heterocycles. The van der Waals surface area contributed by atoms with Gasteiger partial charge in [0.15, 0.2) is 5.13 Å². The number of thiazole rings is 1. The van der Waals surface area contributed by atoms with E-state index in [1.54, 1.807) is 13.8 Å². The third-order valence-electron chi connectivity index (χ3n) is 4.53. The van der Waals surface area contributed by atoms with Crippen LogP contribution in [0.5, 0.6) is 0 Å². The zero-order valence-electron chi connectivity index (χ0n) is 13.3. The van der Waals surface area contributed by atoms with Gasteiger partial charge in [-0.3, -0.25) is 9.59 Å². The topological polar surface area (TPSA) is 106 Å². The maximum absolute atomic E-state index is 12.6. The summed E-state index contributed by atoms with van der Waals surface area (Å²) in [7, 11) is 0. The van der Waals surface area contributed by atoms with Crippen LogP contribution in [0, 0.1) is 30.6 Å². The summed E-state index contributed by atoms with van der Waals surface area (Å²) in [5, 5.41) is 12.4. The van der Waals surface area contributed by atoms with E-state index in [0.717, 1.165) is 11.3 Å². The molecule has 0 spiro atoms. The highest BCUT2D eigenvalue weighted by Crippen LogP contribution is 2.48. The van der Waals surface area contributed by atoms with E-state index >= 15 is 0 Å². The summed E-state index contributed by atoms with van der Waals surface area (Å²) >= 11 is 1.04. The first-order chi connectivity index (χ1) is 11.4. The summed E-state index contributed by atoms with van der Waals surface area (Å²) in [6, 6.07) is 0. The minimum atomic E-state index is -0.950. The Balaban J connectivity index is 1.76. The number of hydrogen-bond acceptors (Lipinski definition) is 6. The van der Waals surface area contributed by atoms with Gasteiger partial charge in [-0.15, -0.1) is 0 Å². The van der Waals surface area contributed by atoms with Crippen molar-refractivity contribution in [1.82, 2.24) is 4.98 Å². The Hall–Kier alpha value is -2.22. The van der Waals surface area contributed by atoms with Crippen LogP contribution in [-0.4, -0.2) is 34.5 Å². The minimum absolute atomic E-state index is 0.0540. The van der Waals surface area contributed by atoms with Gasteiger partial charge in [0.2, 0.25) is 5.91 Å². The van der Waals surface area contributed by atoms with Crippen LogP contribution >= 0.6 is 11.3 Å². The molecule has 1 heterocycles. The maximum Gasteiger partial charge on any atom is 0.350 e. The quantitative estimate of drug-likeness (QED) is 0.622. The lowest BCUT2D eigenvalue weighted by molar-refractivity contribution is -0.146. The first-order valence-corrected chi connectivity index (χ1v) is 8.60. The number of nitrogens with zero attached hydrogens (tertiary/aromatic N) is 1. The molecule has 0 radical (unpaired) electrons. The number of hydrogen-bond donors (Lipinski definition) is 2. The van der Waals surface area contributed by atoms with Gasteiger partial charge in [-0.05, 0) is 32.1 Å². The number of carboxylic acids is 1. The third-order valence-corrected chi connectivity index (χ3v) is 5.59. The van der Waals surface area contributed by atoms with E-state index in [0.29, 0.717) is 17.0 Å². The average molecular weight is 350 g/mol. The number of aryl methyl sites for hydroxylation is 1. The Morgan fingerprint density at radius 1 is 1.33 bits per heavy atom. The van der Waals surface area contributed by atoms with Gasteiger partial charge in [0, 0.05) is 0 Å². The number of rotatable bonds is 5. The van der Waals surface area contributed by atoms with Crippen molar-refractivity contribution in [3.8, 4) is 0 Å². The number of carbonyl (C=O) groups is 3. The number of nitrogens with one attached hydrogen (secondary N) is 1. The van der Waals surface area contributed by atoms with E-state index < -0.39 is 23.8 Å². The van der Waals surface area contributed by atoms with Gasteiger partial charge in [-0.25, -0.2) is 9.78 Å². The molecule has 2 aliphatic carbocycles. The zero-order valence-corrected chi connectivity index (χ0v) is 14.1. The molecule has 4 atom stereocenters. The zero-order chi connectivity index (χ0) is 17.4. The molecule has 0 unspecified atom stereocenters. The van der Waals surface area contributed by atoms with Crippen molar-refractivity contribution in [3.63, 3.8) is 0 Å². The van der Waals surface area contributed by atoms with Crippen LogP contribution in [0.3, 0.4) is 0 Å². The standard InChI is InChI=1S/C16H18N2O5S/c1-3-23-15(22)12-7(2)17-16(24-12)18-13(19)10-8-4-5-9(6-8)11(10)14(20)21/h4-5,8-11H,3,6H2,1-2H3,(H,20,21)(H,17,18,19)/t8-,9+,10-,11+/m1/s1. The number of esters is 1. The number of carbonyl (C=O) groups excluding carboxylic acids is 2. The summed E-state index contributed by atoms with van der Waals surface area (Å²) in [6.45, 7) is 3.64. The number of aliphatic carboxylic acids is 1. The van der Waals surface area contributed by atoms with Crippen LogP contribution < -0.4 is 5.32 Å². The highest BCUT2D eigenvalue weighted by Gasteiger charge is 2.51. The molecule has 128 valence electrons. The Morgan fingerprint density at radius 2 is 2.00 bits per heavy atom. The molecule has 1 fully saturated rings. The lowest BCUT2D eigenvalue weighted by Crippen LogP contribution is -2.36. The van der Waals surface area contributed by atoms with E-state index in [1.807, 2.05) is 12.2 Å². The van der Waals surface area contributed by atoms with Crippen molar-refractivity contribution in [2.75, 3.05) is 11.9 Å². The summed E-state index contributed by atoms with van der Waals surface area (Å²) in [6.07, 6.45) is 4.51. The fourth-order valence-electron chi connectivity index (χ4n) is 3.54. The summed E-state index contributed by atoms with van der Waals surface area (Å²) in [5.41, 5.74) is 0.483. The molecule has 7 nitrogen and oxygen atoms in total. The number of allylic oxidation sites excluding steroid dienone is 2. The number of anilines is 1. The van der Waals surface area contributed by atoms with Crippen LogP contribution in [-0.2, 0) is 14.3 Å². The van der Waals surface area contributed by atoms with Crippen LogP contribution in [0.1, 0.15) is 28.7 Å². The van der Waals surface area contributed by atoms with Crippen molar-refractivity contribution in [3.05, 3.63) is 22.7 Å². The van der Waals surface area contributed by atoms with Gasteiger partial charge >= 0.3 is 11.9 Å². The van der Waals surface area contributed by atoms with E-state index in [1.165, 1.54) is 0 Å². The molecule has 2 bridgehead atoms. The Bertz CT molecular complexity index is 726. The first-order valence-electron chi connectivity index (χ1n) is 7.79. The molecule has 2 aliphatic rings. The molecule has 1 saturated carbocycles. The van der Waals surface area contributed by atoms with Crippen molar-refractivity contribution < 1.29 is 24.2 Å². The second-order valence-corrected chi connectivity index (χ2v) is 6.98. The predicted molar refractivity (Wildman–Crippen MR) is 86.8 cm³/mol. The van der Waals surface area contributed by atoms with Crippen molar-refractivity contribution in [2.45, 2.75) is 20.3 Å². The van der Waals surface area contributed by atoms with Gasteiger partial charge in [0.25, 0.3) is 0 Å². The van der Waals surface area contributed by atoms with Gasteiger partial charge in [-0.2, -0.15) is 0 Å². The van der Waals surface area contributed by atoms with Gasteiger partial charge in [0.05, 0.1) is 24.1 Å². The van der Waals surface area contributed by atoms with E-state index in [4.69, 9.17) is 4.74 Å². The largest absolute Gasteiger partial charge is 0.481 e. The lowest BCUT2D eigenvalue weighted by Gasteiger charge is -2.23. The van der Waals surface area contributed by atoms with Gasteiger partial charge < -0.3 is 15.2 Å². The van der Waals surface area contributed by atoms with Crippen molar-refractivity contribution in [2.24, 2.45) is 23.7 Å². The molecule has 2 N–H and O–H groups in total. The fourth-order valence-corrected chi connectivity index (χ4v) is 4.40. The molecular formula is C16H18N2O5S. The van der Waals surface area contributed by atoms with Gasteiger partial charge in [0.1, 0.15) is 4.88 Å². The molecule has 8 heteroatoms. The number of fused-ring (bicyclic) bond motifs is 2. The van der Waals surface area contributed by atoms with Crippen LogP contribution in [0.15, 0.2) is 12.2 Å². The van der Waals surface area contributed by atoms with Crippen LogP contribution in [0.25, 0.3) is 0 Å². The molecule has 1 amide bonds. The summed E-state index contributed by atoms with van der Waals surface area (Å²) in [4.78, 5) is 40.4. The van der Waals surface area contributed by atoms with Crippen molar-refractivity contribution >= 4 is 34.3 Å². The predicted octanol–water partition coefficient (Wildman–Crippen LogP) is 2.09. The Kier molecular flexibility index (Phi) is 4.40. The second kappa shape index (κ2) is 6.35. The Morgan fingerprint density at radius 3 is 2.62 bits per heavy atom. The fraction of sp³-hybridized carbons (Fsp3) is 0.500.